The minimum absolute atomic E-state index is 0.224. The van der Waals surface area contributed by atoms with E-state index in [0.29, 0.717) is 0 Å². The van der Waals surface area contributed by atoms with Crippen LogP contribution in [0.2, 0.25) is 0 Å². The number of carboxylic acid groups (broad SMARTS) is 1. The first-order chi connectivity index (χ1) is 8.59. The van der Waals surface area contributed by atoms with Crippen LogP contribution in [0, 0.1) is 11.6 Å². The van der Waals surface area contributed by atoms with Crippen molar-refractivity contribution in [3.05, 3.63) is 42.2 Å². The van der Waals surface area contributed by atoms with Crippen molar-refractivity contribution < 1.29 is 18.7 Å². The van der Waals surface area contributed by atoms with Crippen LogP contribution in [-0.2, 0) is 4.79 Å². The molecule has 2 aromatic rings. The van der Waals surface area contributed by atoms with Gasteiger partial charge in [-0.3, -0.25) is 9.36 Å². The molecule has 0 unspecified atom stereocenters. The molecule has 2 rings (SSSR count). The smallest absolute Gasteiger partial charge is 0.313 e. The highest BCUT2D eigenvalue weighted by atomic mass is 32.2. The molecular formula is C11H8F2N2O2S. The molecule has 0 fully saturated rings. The summed E-state index contributed by atoms with van der Waals surface area (Å²) in [4.78, 5) is 14.3. The van der Waals surface area contributed by atoms with Crippen LogP contribution in [0.15, 0.2) is 35.7 Å². The number of para-hydroxylation sites is 1. The van der Waals surface area contributed by atoms with E-state index in [1.807, 2.05) is 0 Å². The van der Waals surface area contributed by atoms with Crippen molar-refractivity contribution in [2.45, 2.75) is 5.16 Å². The molecule has 94 valence electrons. The van der Waals surface area contributed by atoms with Gasteiger partial charge in [0.2, 0.25) is 0 Å². The molecule has 0 saturated carbocycles. The number of nitrogens with zero attached hydrogens (tertiary/aromatic N) is 2. The summed E-state index contributed by atoms with van der Waals surface area (Å²) < 4.78 is 28.3. The van der Waals surface area contributed by atoms with Crippen molar-refractivity contribution in [3.63, 3.8) is 0 Å². The minimum Gasteiger partial charge on any atom is -0.481 e. The second kappa shape index (κ2) is 5.18. The Bertz CT molecular complexity index is 566. The minimum atomic E-state index is -1.02. The van der Waals surface area contributed by atoms with E-state index in [0.717, 1.165) is 23.9 Å². The van der Waals surface area contributed by atoms with E-state index >= 15 is 0 Å². The monoisotopic (exact) mass is 270 g/mol. The Labute approximate surface area is 105 Å². The van der Waals surface area contributed by atoms with E-state index < -0.39 is 17.6 Å². The van der Waals surface area contributed by atoms with Gasteiger partial charge in [-0.15, -0.1) is 0 Å². The lowest BCUT2D eigenvalue weighted by molar-refractivity contribution is -0.133. The molecule has 1 heterocycles. The van der Waals surface area contributed by atoms with Crippen molar-refractivity contribution in [1.82, 2.24) is 9.55 Å². The van der Waals surface area contributed by atoms with Crippen LogP contribution in [0.1, 0.15) is 0 Å². The fraction of sp³-hybridized carbons (Fsp3) is 0.0909. The van der Waals surface area contributed by atoms with Gasteiger partial charge in [0.1, 0.15) is 17.3 Å². The first-order valence-corrected chi connectivity index (χ1v) is 5.90. The lowest BCUT2D eigenvalue weighted by Crippen LogP contribution is -2.04. The van der Waals surface area contributed by atoms with Crippen LogP contribution in [0.3, 0.4) is 0 Å². The molecule has 0 radical (unpaired) electrons. The van der Waals surface area contributed by atoms with Crippen molar-refractivity contribution in [2.75, 3.05) is 5.75 Å². The zero-order chi connectivity index (χ0) is 13.1. The zero-order valence-electron chi connectivity index (χ0n) is 9.01. The first kappa shape index (κ1) is 12.6. The molecule has 0 bridgehead atoms. The normalized spacial score (nSPS) is 10.6. The van der Waals surface area contributed by atoms with Gasteiger partial charge in [-0.25, -0.2) is 13.8 Å². The van der Waals surface area contributed by atoms with E-state index in [1.165, 1.54) is 23.0 Å². The molecule has 0 aliphatic heterocycles. The SMILES string of the molecule is O=C(O)CSc1nccn1-c1c(F)cccc1F. The van der Waals surface area contributed by atoms with Crippen molar-refractivity contribution in [3.8, 4) is 5.69 Å². The summed E-state index contributed by atoms with van der Waals surface area (Å²) in [5.41, 5.74) is -0.261. The molecule has 7 heteroatoms. The van der Waals surface area contributed by atoms with Crippen LogP contribution in [0.4, 0.5) is 8.78 Å². The van der Waals surface area contributed by atoms with E-state index in [4.69, 9.17) is 5.11 Å². The highest BCUT2D eigenvalue weighted by molar-refractivity contribution is 7.99. The number of thioether (sulfide) groups is 1. The number of hydrogen-bond acceptors (Lipinski definition) is 3. The maximum Gasteiger partial charge on any atom is 0.313 e. The summed E-state index contributed by atoms with van der Waals surface area (Å²) in [7, 11) is 0. The predicted molar refractivity (Wildman–Crippen MR) is 61.8 cm³/mol. The summed E-state index contributed by atoms with van der Waals surface area (Å²) in [5, 5.41) is 8.80. The number of benzene rings is 1. The molecular weight excluding hydrogens is 262 g/mol. The molecule has 0 spiro atoms. The Morgan fingerprint density at radius 2 is 2.06 bits per heavy atom. The number of aromatic nitrogens is 2. The van der Waals surface area contributed by atoms with E-state index in [2.05, 4.69) is 4.98 Å². The van der Waals surface area contributed by atoms with Gasteiger partial charge >= 0.3 is 5.97 Å². The van der Waals surface area contributed by atoms with Gasteiger partial charge in [-0.1, -0.05) is 17.8 Å². The van der Waals surface area contributed by atoms with E-state index in [9.17, 15) is 13.6 Å². The number of rotatable bonds is 4. The second-order valence-electron chi connectivity index (χ2n) is 3.33. The van der Waals surface area contributed by atoms with Crippen LogP contribution in [-0.4, -0.2) is 26.4 Å². The Morgan fingerprint density at radius 3 is 2.67 bits per heavy atom. The quantitative estimate of drug-likeness (QED) is 0.866. The average Bonchev–Trinajstić information content (AvgIpc) is 2.74. The molecule has 0 aliphatic carbocycles. The van der Waals surface area contributed by atoms with Gasteiger partial charge in [-0.2, -0.15) is 0 Å². The van der Waals surface area contributed by atoms with Crippen LogP contribution in [0.25, 0.3) is 5.69 Å². The summed E-state index contributed by atoms with van der Waals surface area (Å²) in [6.07, 6.45) is 2.74. The number of carboxylic acids is 1. The molecule has 4 nitrogen and oxygen atoms in total. The molecule has 1 aromatic carbocycles. The maximum absolute atomic E-state index is 13.6. The Kier molecular flexibility index (Phi) is 3.61. The van der Waals surface area contributed by atoms with Gasteiger partial charge in [0.15, 0.2) is 5.16 Å². The van der Waals surface area contributed by atoms with Crippen molar-refractivity contribution >= 4 is 17.7 Å². The van der Waals surface area contributed by atoms with Gasteiger partial charge in [0, 0.05) is 12.4 Å². The van der Waals surface area contributed by atoms with Gasteiger partial charge < -0.3 is 5.11 Å². The largest absolute Gasteiger partial charge is 0.481 e. The standard InChI is InChI=1S/C11H8F2N2O2S/c12-7-2-1-3-8(13)10(7)15-5-4-14-11(15)18-6-9(16)17/h1-5H,6H2,(H,16,17). The Morgan fingerprint density at radius 1 is 1.39 bits per heavy atom. The van der Waals surface area contributed by atoms with Crippen molar-refractivity contribution in [2.24, 2.45) is 0 Å². The zero-order valence-corrected chi connectivity index (χ0v) is 9.82. The van der Waals surface area contributed by atoms with Crippen LogP contribution >= 0.6 is 11.8 Å². The van der Waals surface area contributed by atoms with Gasteiger partial charge in [0.25, 0.3) is 0 Å². The molecule has 1 aromatic heterocycles. The van der Waals surface area contributed by atoms with Crippen molar-refractivity contribution in [1.29, 1.82) is 0 Å². The van der Waals surface area contributed by atoms with Gasteiger partial charge in [0.05, 0.1) is 5.75 Å². The third-order valence-corrected chi connectivity index (χ3v) is 3.06. The maximum atomic E-state index is 13.6. The highest BCUT2D eigenvalue weighted by Gasteiger charge is 2.15. The average molecular weight is 270 g/mol. The molecule has 0 amide bonds. The molecule has 0 saturated heterocycles. The predicted octanol–water partition coefficient (Wildman–Crippen LogP) is 2.33. The molecule has 1 N–H and O–H groups in total. The van der Waals surface area contributed by atoms with E-state index in [-0.39, 0.29) is 16.6 Å². The fourth-order valence-corrected chi connectivity index (χ4v) is 2.09. The van der Waals surface area contributed by atoms with Crippen LogP contribution in [0.5, 0.6) is 0 Å². The number of hydrogen-bond donors (Lipinski definition) is 1. The molecule has 0 aliphatic rings. The summed E-state index contributed by atoms with van der Waals surface area (Å²) in [6.45, 7) is 0. The first-order valence-electron chi connectivity index (χ1n) is 4.92. The lowest BCUT2D eigenvalue weighted by Gasteiger charge is -2.08. The second-order valence-corrected chi connectivity index (χ2v) is 4.27. The van der Waals surface area contributed by atoms with Gasteiger partial charge in [-0.05, 0) is 12.1 Å². The fourth-order valence-electron chi connectivity index (χ4n) is 1.41. The molecule has 0 atom stereocenters. The third kappa shape index (κ3) is 2.51. The number of halogens is 2. The van der Waals surface area contributed by atoms with E-state index in [1.54, 1.807) is 0 Å². The topological polar surface area (TPSA) is 55.1 Å². The third-order valence-electron chi connectivity index (χ3n) is 2.11. The number of carbonyl (C=O) groups is 1. The number of aliphatic carboxylic acids is 1. The summed E-state index contributed by atoms with van der Waals surface area (Å²) in [5.74, 6) is -2.72. The summed E-state index contributed by atoms with van der Waals surface area (Å²) in [6, 6.07) is 3.52. The van der Waals surface area contributed by atoms with Crippen LogP contribution < -0.4 is 0 Å². The highest BCUT2D eigenvalue weighted by Crippen LogP contribution is 2.24. The Hall–Kier alpha value is -1.89. The lowest BCUT2D eigenvalue weighted by atomic mass is 10.3. The Balaban J connectivity index is 2.39. The number of imidazole rings is 1. The summed E-state index contributed by atoms with van der Waals surface area (Å²) >= 11 is 0.893. The molecule has 18 heavy (non-hydrogen) atoms.